The molecule has 2 aliphatic heterocycles. The quantitative estimate of drug-likeness (QED) is 0.805. The molecule has 2 atom stereocenters. The van der Waals surface area contributed by atoms with Crippen molar-refractivity contribution < 1.29 is 4.74 Å². The van der Waals surface area contributed by atoms with Gasteiger partial charge in [-0.15, -0.1) is 0 Å². The molecule has 0 saturated carbocycles. The highest BCUT2D eigenvalue weighted by Gasteiger charge is 2.36. The van der Waals surface area contributed by atoms with Crippen LogP contribution in [0.4, 0.5) is 5.82 Å². The van der Waals surface area contributed by atoms with Crippen LogP contribution in [0.2, 0.25) is 0 Å². The van der Waals surface area contributed by atoms with Crippen molar-refractivity contribution >= 4 is 5.82 Å². The van der Waals surface area contributed by atoms with Crippen LogP contribution in [0.15, 0.2) is 6.07 Å². The van der Waals surface area contributed by atoms with Crippen LogP contribution in [0.1, 0.15) is 5.82 Å². The fraction of sp³-hybridized carbons (Fsp3) is 0.667. The molecule has 0 bridgehead atoms. The van der Waals surface area contributed by atoms with E-state index in [-0.39, 0.29) is 0 Å². The number of rotatable bonds is 2. The van der Waals surface area contributed by atoms with Gasteiger partial charge in [-0.05, 0) is 18.8 Å². The molecule has 0 aliphatic carbocycles. The molecule has 5 heteroatoms. The van der Waals surface area contributed by atoms with Crippen LogP contribution < -0.4 is 15.0 Å². The van der Waals surface area contributed by atoms with Gasteiger partial charge in [-0.1, -0.05) is 0 Å². The largest absolute Gasteiger partial charge is 0.481 e. The number of anilines is 1. The van der Waals surface area contributed by atoms with E-state index in [1.165, 1.54) is 0 Å². The van der Waals surface area contributed by atoms with Crippen LogP contribution in [0.5, 0.6) is 5.88 Å². The molecule has 17 heavy (non-hydrogen) atoms. The van der Waals surface area contributed by atoms with Gasteiger partial charge in [0.2, 0.25) is 5.88 Å². The third kappa shape index (κ3) is 1.95. The fourth-order valence-corrected chi connectivity index (χ4v) is 2.83. The van der Waals surface area contributed by atoms with Crippen LogP contribution in [0, 0.1) is 18.8 Å². The van der Waals surface area contributed by atoms with Crippen LogP contribution >= 0.6 is 0 Å². The Morgan fingerprint density at radius 2 is 2.00 bits per heavy atom. The summed E-state index contributed by atoms with van der Waals surface area (Å²) in [5.41, 5.74) is 0. The first-order valence-corrected chi connectivity index (χ1v) is 6.11. The zero-order valence-electron chi connectivity index (χ0n) is 10.3. The van der Waals surface area contributed by atoms with Gasteiger partial charge in [0.1, 0.15) is 11.6 Å². The van der Waals surface area contributed by atoms with E-state index in [4.69, 9.17) is 4.74 Å². The molecular formula is C12H18N4O. The Hall–Kier alpha value is -1.36. The highest BCUT2D eigenvalue weighted by Crippen LogP contribution is 2.30. The number of methoxy groups -OCH3 is 1. The van der Waals surface area contributed by atoms with Crippen LogP contribution in [0.25, 0.3) is 0 Å². The molecule has 0 aromatic carbocycles. The minimum Gasteiger partial charge on any atom is -0.481 e. The van der Waals surface area contributed by atoms with E-state index in [1.54, 1.807) is 7.11 Å². The van der Waals surface area contributed by atoms with Crippen LogP contribution in [-0.2, 0) is 0 Å². The first kappa shape index (κ1) is 10.8. The molecule has 3 heterocycles. The Morgan fingerprint density at radius 3 is 2.65 bits per heavy atom. The molecule has 1 aromatic heterocycles. The summed E-state index contributed by atoms with van der Waals surface area (Å²) in [5.74, 6) is 3.98. The van der Waals surface area contributed by atoms with Gasteiger partial charge < -0.3 is 15.0 Å². The number of aryl methyl sites for hydroxylation is 1. The number of ether oxygens (including phenoxy) is 1. The van der Waals surface area contributed by atoms with Crippen molar-refractivity contribution in [1.82, 2.24) is 15.3 Å². The van der Waals surface area contributed by atoms with Crippen molar-refractivity contribution in [1.29, 1.82) is 0 Å². The lowest BCUT2D eigenvalue weighted by atomic mass is 10.0. The average Bonchev–Trinajstić information content (AvgIpc) is 2.88. The first-order chi connectivity index (χ1) is 8.26. The van der Waals surface area contributed by atoms with E-state index in [0.717, 1.165) is 49.7 Å². The fourth-order valence-electron chi connectivity index (χ4n) is 2.83. The van der Waals surface area contributed by atoms with Gasteiger partial charge in [0.15, 0.2) is 0 Å². The summed E-state index contributed by atoms with van der Waals surface area (Å²) in [6, 6.07) is 1.93. The predicted molar refractivity (Wildman–Crippen MR) is 65.4 cm³/mol. The van der Waals surface area contributed by atoms with Crippen molar-refractivity contribution in [3.63, 3.8) is 0 Å². The Labute approximate surface area is 101 Å². The molecule has 1 aromatic rings. The first-order valence-electron chi connectivity index (χ1n) is 6.11. The molecule has 2 saturated heterocycles. The van der Waals surface area contributed by atoms with Gasteiger partial charge >= 0.3 is 0 Å². The van der Waals surface area contributed by atoms with Crippen molar-refractivity contribution in [2.24, 2.45) is 11.8 Å². The molecule has 0 amide bonds. The van der Waals surface area contributed by atoms with E-state index in [1.807, 2.05) is 13.0 Å². The molecule has 92 valence electrons. The third-order valence-corrected chi connectivity index (χ3v) is 3.72. The molecule has 2 unspecified atom stereocenters. The van der Waals surface area contributed by atoms with E-state index >= 15 is 0 Å². The van der Waals surface area contributed by atoms with E-state index in [2.05, 4.69) is 20.2 Å². The summed E-state index contributed by atoms with van der Waals surface area (Å²) >= 11 is 0. The highest BCUT2D eigenvalue weighted by molar-refractivity contribution is 5.43. The summed E-state index contributed by atoms with van der Waals surface area (Å²) in [7, 11) is 1.65. The molecule has 5 nitrogen and oxygen atoms in total. The molecular weight excluding hydrogens is 216 g/mol. The topological polar surface area (TPSA) is 50.3 Å². The Morgan fingerprint density at radius 1 is 1.29 bits per heavy atom. The van der Waals surface area contributed by atoms with Gasteiger partial charge in [-0.3, -0.25) is 0 Å². The maximum atomic E-state index is 5.20. The normalized spacial score (nSPS) is 27.3. The highest BCUT2D eigenvalue weighted by atomic mass is 16.5. The second kappa shape index (κ2) is 4.14. The standard InChI is InChI=1S/C12H18N4O/c1-8-14-11(3-12(15-8)17-2)16-6-9-4-13-5-10(9)7-16/h3,9-10,13H,4-7H2,1-2H3. The lowest BCUT2D eigenvalue weighted by molar-refractivity contribution is 0.395. The van der Waals surface area contributed by atoms with Crippen LogP contribution in [0.3, 0.4) is 0 Å². The van der Waals surface area contributed by atoms with Gasteiger partial charge in [0.05, 0.1) is 7.11 Å². The smallest absolute Gasteiger partial charge is 0.218 e. The summed E-state index contributed by atoms with van der Waals surface area (Å²) in [6.07, 6.45) is 0. The summed E-state index contributed by atoms with van der Waals surface area (Å²) in [5, 5.41) is 3.45. The number of aromatic nitrogens is 2. The Bertz CT molecular complexity index is 411. The Balaban J connectivity index is 1.82. The minimum atomic E-state index is 0.655. The zero-order valence-corrected chi connectivity index (χ0v) is 10.3. The third-order valence-electron chi connectivity index (χ3n) is 3.72. The lowest BCUT2D eigenvalue weighted by Crippen LogP contribution is -2.26. The number of hydrogen-bond donors (Lipinski definition) is 1. The Kier molecular flexibility index (Phi) is 2.63. The summed E-state index contributed by atoms with van der Waals surface area (Å²) in [6.45, 7) is 6.38. The van der Waals surface area contributed by atoms with E-state index in [0.29, 0.717) is 5.88 Å². The minimum absolute atomic E-state index is 0.655. The number of fused-ring (bicyclic) bond motifs is 1. The maximum absolute atomic E-state index is 5.20. The van der Waals surface area contributed by atoms with Gasteiger partial charge in [-0.2, -0.15) is 4.98 Å². The molecule has 0 radical (unpaired) electrons. The maximum Gasteiger partial charge on any atom is 0.218 e. The van der Waals surface area contributed by atoms with Crippen LogP contribution in [-0.4, -0.2) is 43.3 Å². The van der Waals surface area contributed by atoms with Gasteiger partial charge in [0, 0.05) is 32.2 Å². The van der Waals surface area contributed by atoms with E-state index in [9.17, 15) is 0 Å². The van der Waals surface area contributed by atoms with Crippen molar-refractivity contribution in [2.45, 2.75) is 6.92 Å². The molecule has 0 spiro atoms. The summed E-state index contributed by atoms with van der Waals surface area (Å²) in [4.78, 5) is 11.1. The molecule has 2 aliphatic rings. The van der Waals surface area contributed by atoms with E-state index < -0.39 is 0 Å². The molecule has 1 N–H and O–H groups in total. The predicted octanol–water partition coefficient (Wildman–Crippen LogP) is 0.449. The lowest BCUT2D eigenvalue weighted by Gasteiger charge is -2.19. The van der Waals surface area contributed by atoms with Gasteiger partial charge in [-0.25, -0.2) is 4.98 Å². The summed E-state index contributed by atoms with van der Waals surface area (Å²) < 4.78 is 5.20. The number of nitrogens with zero attached hydrogens (tertiary/aromatic N) is 3. The van der Waals surface area contributed by atoms with Crippen molar-refractivity contribution in [3.05, 3.63) is 11.9 Å². The monoisotopic (exact) mass is 234 g/mol. The SMILES string of the molecule is COc1cc(N2CC3CNCC3C2)nc(C)n1. The van der Waals surface area contributed by atoms with Crippen molar-refractivity contribution in [2.75, 3.05) is 38.2 Å². The number of nitrogens with one attached hydrogen (secondary N) is 1. The number of hydrogen-bond acceptors (Lipinski definition) is 5. The second-order valence-electron chi connectivity index (χ2n) is 4.90. The zero-order chi connectivity index (χ0) is 11.8. The van der Waals surface area contributed by atoms with Crippen molar-refractivity contribution in [3.8, 4) is 5.88 Å². The molecule has 2 fully saturated rings. The average molecular weight is 234 g/mol. The molecule has 3 rings (SSSR count). The second-order valence-corrected chi connectivity index (χ2v) is 4.90. The van der Waals surface area contributed by atoms with Gasteiger partial charge in [0.25, 0.3) is 0 Å².